The van der Waals surface area contributed by atoms with Crippen molar-refractivity contribution in [2.24, 2.45) is 11.8 Å². The van der Waals surface area contributed by atoms with Crippen molar-refractivity contribution < 1.29 is 9.84 Å². The summed E-state index contributed by atoms with van der Waals surface area (Å²) in [4.78, 5) is 2.54. The monoisotopic (exact) mass is 279 g/mol. The van der Waals surface area contributed by atoms with Crippen molar-refractivity contribution in [2.75, 3.05) is 26.2 Å². The fourth-order valence-corrected chi connectivity index (χ4v) is 5.52. The molecule has 3 heteroatoms. The minimum absolute atomic E-state index is 0.132. The summed E-state index contributed by atoms with van der Waals surface area (Å²) in [5, 5.41) is 11.4. The largest absolute Gasteiger partial charge is 0.389 e. The summed E-state index contributed by atoms with van der Waals surface area (Å²) in [5.41, 5.74) is -0.256. The van der Waals surface area contributed by atoms with Gasteiger partial charge in [-0.1, -0.05) is 19.3 Å². The average molecular weight is 279 g/mol. The summed E-state index contributed by atoms with van der Waals surface area (Å²) in [6.45, 7) is 4.34. The summed E-state index contributed by atoms with van der Waals surface area (Å²) in [5.74, 6) is 1.01. The summed E-state index contributed by atoms with van der Waals surface area (Å²) < 4.78 is 6.23. The van der Waals surface area contributed by atoms with Crippen LogP contribution in [-0.4, -0.2) is 47.4 Å². The van der Waals surface area contributed by atoms with Crippen LogP contribution in [0.1, 0.15) is 57.8 Å². The first kappa shape index (κ1) is 13.5. The molecule has 1 saturated carbocycles. The topological polar surface area (TPSA) is 32.7 Å². The van der Waals surface area contributed by atoms with Crippen molar-refractivity contribution in [3.05, 3.63) is 0 Å². The zero-order valence-corrected chi connectivity index (χ0v) is 12.6. The van der Waals surface area contributed by atoms with E-state index in [1.807, 2.05) is 0 Å². The molecule has 1 spiro atoms. The molecule has 1 N–H and O–H groups in total. The first-order chi connectivity index (χ1) is 9.70. The molecule has 4 rings (SSSR count). The van der Waals surface area contributed by atoms with Crippen LogP contribution in [0.25, 0.3) is 0 Å². The molecule has 3 heterocycles. The van der Waals surface area contributed by atoms with Gasteiger partial charge in [-0.2, -0.15) is 0 Å². The fraction of sp³-hybridized carbons (Fsp3) is 1.00. The van der Waals surface area contributed by atoms with Gasteiger partial charge in [0.1, 0.15) is 0 Å². The molecule has 3 saturated heterocycles. The Morgan fingerprint density at radius 2 is 1.80 bits per heavy atom. The predicted molar refractivity (Wildman–Crippen MR) is 78.6 cm³/mol. The maximum absolute atomic E-state index is 11.4. The molecule has 4 fully saturated rings. The third-order valence-corrected chi connectivity index (χ3v) is 6.77. The zero-order chi connectivity index (χ0) is 13.6. The molecule has 0 aromatic rings. The van der Waals surface area contributed by atoms with Crippen LogP contribution in [-0.2, 0) is 4.74 Å². The average Bonchev–Trinajstić information content (AvgIpc) is 2.89. The number of rotatable bonds is 1. The van der Waals surface area contributed by atoms with Gasteiger partial charge in [0.2, 0.25) is 0 Å². The number of ether oxygens (including phenoxy) is 1. The van der Waals surface area contributed by atoms with E-state index in [2.05, 4.69) is 4.90 Å². The number of aliphatic hydroxyl groups is 1. The first-order valence-corrected chi connectivity index (χ1v) is 8.79. The van der Waals surface area contributed by atoms with Crippen molar-refractivity contribution in [1.29, 1.82) is 0 Å². The van der Waals surface area contributed by atoms with Gasteiger partial charge in [0, 0.05) is 25.6 Å². The fourth-order valence-electron chi connectivity index (χ4n) is 5.52. The first-order valence-electron chi connectivity index (χ1n) is 8.79. The molecule has 0 aromatic carbocycles. The van der Waals surface area contributed by atoms with Crippen molar-refractivity contribution >= 4 is 0 Å². The minimum atomic E-state index is -0.388. The van der Waals surface area contributed by atoms with Crippen LogP contribution in [0.3, 0.4) is 0 Å². The third-order valence-electron chi connectivity index (χ3n) is 6.77. The van der Waals surface area contributed by atoms with Crippen LogP contribution in [0.5, 0.6) is 0 Å². The van der Waals surface area contributed by atoms with Gasteiger partial charge in [-0.15, -0.1) is 0 Å². The number of hydrogen-bond donors (Lipinski definition) is 1. The van der Waals surface area contributed by atoms with Crippen LogP contribution >= 0.6 is 0 Å². The zero-order valence-electron chi connectivity index (χ0n) is 12.6. The smallest absolute Gasteiger partial charge is 0.0730 e. The van der Waals surface area contributed by atoms with Crippen LogP contribution in [0.2, 0.25) is 0 Å². The Labute approximate surface area is 122 Å². The van der Waals surface area contributed by atoms with E-state index in [1.54, 1.807) is 0 Å². The van der Waals surface area contributed by atoms with Crippen LogP contribution in [0.4, 0.5) is 0 Å². The highest BCUT2D eigenvalue weighted by Crippen LogP contribution is 2.49. The lowest BCUT2D eigenvalue weighted by molar-refractivity contribution is -0.176. The van der Waals surface area contributed by atoms with E-state index in [0.717, 1.165) is 39.0 Å². The Morgan fingerprint density at radius 3 is 2.65 bits per heavy atom. The summed E-state index contributed by atoms with van der Waals surface area (Å²) in [6.07, 6.45) is 10.9. The molecule has 0 aromatic heterocycles. The van der Waals surface area contributed by atoms with Gasteiger partial charge < -0.3 is 14.7 Å². The lowest BCUT2D eigenvalue weighted by Crippen LogP contribution is -2.56. The molecule has 4 atom stereocenters. The maximum Gasteiger partial charge on any atom is 0.0730 e. The molecule has 3 aliphatic heterocycles. The van der Waals surface area contributed by atoms with E-state index in [1.165, 1.54) is 45.1 Å². The number of fused-ring (bicyclic) bond motifs is 2. The van der Waals surface area contributed by atoms with E-state index in [0.29, 0.717) is 11.8 Å². The molecule has 0 amide bonds. The Hall–Kier alpha value is -0.120. The van der Waals surface area contributed by atoms with E-state index < -0.39 is 0 Å². The predicted octanol–water partition coefficient (Wildman–Crippen LogP) is 2.57. The highest BCUT2D eigenvalue weighted by atomic mass is 16.5. The maximum atomic E-state index is 11.4. The normalized spacial score (nSPS) is 47.5. The Morgan fingerprint density at radius 1 is 0.950 bits per heavy atom. The molecule has 4 aliphatic rings. The molecule has 114 valence electrons. The Kier molecular flexibility index (Phi) is 3.36. The number of nitrogens with zero attached hydrogens (tertiary/aromatic N) is 1. The SMILES string of the molecule is OC1(C2CCOC3(CCCCC3)C2)CCN2CCC1C2. The van der Waals surface area contributed by atoms with Gasteiger partial charge in [0.25, 0.3) is 0 Å². The summed E-state index contributed by atoms with van der Waals surface area (Å²) >= 11 is 0. The van der Waals surface area contributed by atoms with Gasteiger partial charge >= 0.3 is 0 Å². The molecule has 20 heavy (non-hydrogen) atoms. The number of hydrogen-bond acceptors (Lipinski definition) is 3. The van der Waals surface area contributed by atoms with Gasteiger partial charge in [-0.3, -0.25) is 0 Å². The molecule has 4 unspecified atom stereocenters. The highest BCUT2D eigenvalue weighted by molar-refractivity contribution is 5.04. The lowest BCUT2D eigenvalue weighted by atomic mass is 9.65. The molecular weight excluding hydrogens is 250 g/mol. The molecule has 3 nitrogen and oxygen atoms in total. The van der Waals surface area contributed by atoms with Crippen LogP contribution < -0.4 is 0 Å². The summed E-state index contributed by atoms with van der Waals surface area (Å²) in [6, 6.07) is 0. The Bertz CT molecular complexity index is 360. The quantitative estimate of drug-likeness (QED) is 0.801. The van der Waals surface area contributed by atoms with Gasteiger partial charge in [0.15, 0.2) is 0 Å². The van der Waals surface area contributed by atoms with E-state index in [-0.39, 0.29) is 11.2 Å². The lowest BCUT2D eigenvalue weighted by Gasteiger charge is -2.51. The number of piperidine rings is 1. The van der Waals surface area contributed by atoms with Crippen molar-refractivity contribution in [1.82, 2.24) is 4.90 Å². The van der Waals surface area contributed by atoms with E-state index in [4.69, 9.17) is 4.74 Å². The van der Waals surface area contributed by atoms with E-state index in [9.17, 15) is 5.11 Å². The van der Waals surface area contributed by atoms with Gasteiger partial charge in [0.05, 0.1) is 11.2 Å². The minimum Gasteiger partial charge on any atom is -0.389 e. The standard InChI is InChI=1S/C17H29NO2/c19-17(8-10-18-9-4-15(17)13-18)14-5-11-20-16(12-14)6-2-1-3-7-16/h14-15,19H,1-13H2. The van der Waals surface area contributed by atoms with E-state index >= 15 is 0 Å². The van der Waals surface area contributed by atoms with Crippen molar-refractivity contribution in [2.45, 2.75) is 69.0 Å². The molecule has 0 radical (unpaired) electrons. The second kappa shape index (κ2) is 4.96. The Balaban J connectivity index is 1.52. The highest BCUT2D eigenvalue weighted by Gasteiger charge is 2.52. The second-order valence-corrected chi connectivity index (χ2v) is 7.81. The van der Waals surface area contributed by atoms with Gasteiger partial charge in [-0.25, -0.2) is 0 Å². The van der Waals surface area contributed by atoms with Crippen LogP contribution in [0.15, 0.2) is 0 Å². The van der Waals surface area contributed by atoms with Crippen molar-refractivity contribution in [3.8, 4) is 0 Å². The molecule has 2 bridgehead atoms. The molecule has 1 aliphatic carbocycles. The molecular formula is C17H29NO2. The van der Waals surface area contributed by atoms with Crippen molar-refractivity contribution in [3.63, 3.8) is 0 Å². The van der Waals surface area contributed by atoms with Crippen LogP contribution in [0, 0.1) is 11.8 Å². The van der Waals surface area contributed by atoms with Gasteiger partial charge in [-0.05, 0) is 51.0 Å². The third kappa shape index (κ3) is 2.13. The summed E-state index contributed by atoms with van der Waals surface area (Å²) in [7, 11) is 0. The second-order valence-electron chi connectivity index (χ2n) is 7.81.